The fourth-order valence-corrected chi connectivity index (χ4v) is 5.03. The smallest absolute Gasteiger partial charge is 0.227 e. The van der Waals surface area contributed by atoms with Gasteiger partial charge in [-0.2, -0.15) is 0 Å². The zero-order valence-corrected chi connectivity index (χ0v) is 17.3. The van der Waals surface area contributed by atoms with Crippen LogP contribution in [0.3, 0.4) is 0 Å². The van der Waals surface area contributed by atoms with E-state index in [2.05, 4.69) is 11.8 Å². The molecule has 1 aliphatic carbocycles. The van der Waals surface area contributed by atoms with Crippen LogP contribution in [0, 0.1) is 11.8 Å². The van der Waals surface area contributed by atoms with Gasteiger partial charge in [0, 0.05) is 51.2 Å². The van der Waals surface area contributed by atoms with Gasteiger partial charge in [-0.05, 0) is 45.1 Å². The van der Waals surface area contributed by atoms with Crippen LogP contribution in [-0.2, 0) is 9.59 Å². The van der Waals surface area contributed by atoms with Crippen LogP contribution >= 0.6 is 0 Å². The molecule has 1 saturated carbocycles. The van der Waals surface area contributed by atoms with E-state index in [1.54, 1.807) is 0 Å². The van der Waals surface area contributed by atoms with Crippen LogP contribution in [0.5, 0.6) is 0 Å². The second-order valence-electron chi connectivity index (χ2n) is 9.09. The molecule has 6 nitrogen and oxygen atoms in total. The van der Waals surface area contributed by atoms with E-state index < -0.39 is 0 Å². The van der Waals surface area contributed by atoms with E-state index in [4.69, 9.17) is 5.73 Å². The van der Waals surface area contributed by atoms with Gasteiger partial charge in [0.05, 0.1) is 5.92 Å². The summed E-state index contributed by atoms with van der Waals surface area (Å²) in [6.45, 7) is 10.6. The summed E-state index contributed by atoms with van der Waals surface area (Å²) in [6, 6.07) is 0. The normalized spacial score (nSPS) is 31.1. The van der Waals surface area contributed by atoms with Crippen molar-refractivity contribution in [3.63, 3.8) is 0 Å². The minimum Gasteiger partial charge on any atom is -0.342 e. The second kappa shape index (κ2) is 8.91. The molecular formula is C21H38N4O2. The summed E-state index contributed by atoms with van der Waals surface area (Å²) in [4.78, 5) is 32.0. The predicted molar refractivity (Wildman–Crippen MR) is 107 cm³/mol. The molecule has 0 radical (unpaired) electrons. The third-order valence-corrected chi connectivity index (χ3v) is 7.11. The van der Waals surface area contributed by atoms with Gasteiger partial charge in [-0.25, -0.2) is 0 Å². The minimum atomic E-state index is -0.358. The van der Waals surface area contributed by atoms with E-state index in [0.717, 1.165) is 84.3 Å². The summed E-state index contributed by atoms with van der Waals surface area (Å²) in [5.41, 5.74) is 6.07. The Kier molecular flexibility index (Phi) is 6.79. The van der Waals surface area contributed by atoms with Gasteiger partial charge in [-0.15, -0.1) is 0 Å². The zero-order chi connectivity index (χ0) is 19.4. The molecule has 154 valence electrons. The average molecular weight is 379 g/mol. The number of amides is 2. The van der Waals surface area contributed by atoms with Crippen LogP contribution in [0.1, 0.15) is 58.8 Å². The minimum absolute atomic E-state index is 0.0284. The molecule has 2 saturated heterocycles. The topological polar surface area (TPSA) is 69.9 Å². The number of piperazine rings is 1. The molecule has 3 fully saturated rings. The first-order valence-corrected chi connectivity index (χ1v) is 11.0. The van der Waals surface area contributed by atoms with Crippen molar-refractivity contribution >= 4 is 11.8 Å². The van der Waals surface area contributed by atoms with E-state index in [0.29, 0.717) is 18.2 Å². The number of nitrogens with two attached hydrogens (primary N) is 1. The number of piperidine rings is 1. The lowest BCUT2D eigenvalue weighted by molar-refractivity contribution is -0.140. The first-order valence-electron chi connectivity index (χ1n) is 11.0. The van der Waals surface area contributed by atoms with Gasteiger partial charge < -0.3 is 20.4 Å². The molecule has 2 unspecified atom stereocenters. The highest BCUT2D eigenvalue weighted by atomic mass is 16.2. The number of carbonyl (C=O) groups excluding carboxylic acids is 2. The Morgan fingerprint density at radius 3 is 2.22 bits per heavy atom. The van der Waals surface area contributed by atoms with Gasteiger partial charge in [0.1, 0.15) is 0 Å². The molecule has 2 aliphatic heterocycles. The fourth-order valence-electron chi connectivity index (χ4n) is 5.03. The quantitative estimate of drug-likeness (QED) is 0.808. The summed E-state index contributed by atoms with van der Waals surface area (Å²) in [6.07, 6.45) is 6.65. The molecular weight excluding hydrogens is 340 g/mol. The lowest BCUT2D eigenvalue weighted by Gasteiger charge is -2.42. The number of likely N-dealkylation sites (tertiary alicyclic amines) is 1. The summed E-state index contributed by atoms with van der Waals surface area (Å²) >= 11 is 0. The molecule has 2 amide bonds. The molecule has 2 atom stereocenters. The van der Waals surface area contributed by atoms with Crippen LogP contribution in [0.25, 0.3) is 0 Å². The largest absolute Gasteiger partial charge is 0.342 e. The number of carbonyl (C=O) groups is 2. The first kappa shape index (κ1) is 20.6. The molecule has 2 heterocycles. The standard InChI is InChI=1S/C21H38N4O2/c1-3-23-12-14-24(15-13-23)19(26)16-17-7-10-25(11-8-17)20(27)18-6-4-5-9-21(18,2)22/h17-18H,3-16,22H2,1-2H3. The number of hydrogen-bond donors (Lipinski definition) is 1. The van der Waals surface area contributed by atoms with Crippen LogP contribution in [0.4, 0.5) is 0 Å². The summed E-state index contributed by atoms with van der Waals surface area (Å²) in [5.74, 6) is 0.943. The van der Waals surface area contributed by atoms with Crippen LogP contribution in [0.15, 0.2) is 0 Å². The highest BCUT2D eigenvalue weighted by Crippen LogP contribution is 2.34. The molecule has 0 spiro atoms. The van der Waals surface area contributed by atoms with Crippen LogP contribution in [-0.4, -0.2) is 77.9 Å². The number of likely N-dealkylation sites (N-methyl/N-ethyl adjacent to an activating group) is 1. The SMILES string of the molecule is CCN1CCN(C(=O)CC2CCN(C(=O)C3CCCCC3(C)N)CC2)CC1. The molecule has 6 heteroatoms. The van der Waals surface area contributed by atoms with Crippen molar-refractivity contribution in [2.24, 2.45) is 17.6 Å². The average Bonchev–Trinajstić information content (AvgIpc) is 2.68. The maximum Gasteiger partial charge on any atom is 0.227 e. The Hall–Kier alpha value is -1.14. The third kappa shape index (κ3) is 5.02. The molecule has 3 aliphatic rings. The molecule has 0 aromatic heterocycles. The Morgan fingerprint density at radius 2 is 1.63 bits per heavy atom. The second-order valence-corrected chi connectivity index (χ2v) is 9.09. The van der Waals surface area contributed by atoms with Gasteiger partial charge in [0.15, 0.2) is 0 Å². The molecule has 3 rings (SSSR count). The van der Waals surface area contributed by atoms with Crippen molar-refractivity contribution in [1.29, 1.82) is 0 Å². The van der Waals surface area contributed by atoms with Crippen molar-refractivity contribution in [1.82, 2.24) is 14.7 Å². The van der Waals surface area contributed by atoms with Crippen molar-refractivity contribution in [3.8, 4) is 0 Å². The van der Waals surface area contributed by atoms with E-state index in [9.17, 15) is 9.59 Å². The third-order valence-electron chi connectivity index (χ3n) is 7.11. The maximum absolute atomic E-state index is 13.0. The predicted octanol–water partition coefficient (Wildman–Crippen LogP) is 1.69. The fraction of sp³-hybridized carbons (Fsp3) is 0.905. The van der Waals surface area contributed by atoms with Crippen molar-refractivity contribution in [2.75, 3.05) is 45.8 Å². The Labute approximate surface area is 164 Å². The number of rotatable bonds is 4. The van der Waals surface area contributed by atoms with Crippen LogP contribution in [0.2, 0.25) is 0 Å². The van der Waals surface area contributed by atoms with Gasteiger partial charge in [0.2, 0.25) is 11.8 Å². The van der Waals surface area contributed by atoms with Gasteiger partial charge in [-0.1, -0.05) is 19.8 Å². The molecule has 0 bridgehead atoms. The first-order chi connectivity index (χ1) is 12.9. The van der Waals surface area contributed by atoms with E-state index in [-0.39, 0.29) is 17.4 Å². The lowest BCUT2D eigenvalue weighted by Crippen LogP contribution is -2.55. The van der Waals surface area contributed by atoms with Crippen LogP contribution < -0.4 is 5.73 Å². The van der Waals surface area contributed by atoms with Crippen molar-refractivity contribution in [3.05, 3.63) is 0 Å². The van der Waals surface area contributed by atoms with E-state index >= 15 is 0 Å². The van der Waals surface area contributed by atoms with E-state index in [1.807, 2.05) is 16.7 Å². The maximum atomic E-state index is 13.0. The van der Waals surface area contributed by atoms with Gasteiger partial charge in [0.25, 0.3) is 0 Å². The zero-order valence-electron chi connectivity index (χ0n) is 17.3. The summed E-state index contributed by atoms with van der Waals surface area (Å²) in [7, 11) is 0. The molecule has 2 N–H and O–H groups in total. The Balaban J connectivity index is 1.43. The van der Waals surface area contributed by atoms with Crippen molar-refractivity contribution in [2.45, 2.75) is 64.3 Å². The Morgan fingerprint density at radius 1 is 0.963 bits per heavy atom. The van der Waals surface area contributed by atoms with E-state index in [1.165, 1.54) is 0 Å². The summed E-state index contributed by atoms with van der Waals surface area (Å²) in [5, 5.41) is 0. The molecule has 0 aromatic carbocycles. The lowest BCUT2D eigenvalue weighted by atomic mass is 9.73. The number of nitrogens with zero attached hydrogens (tertiary/aromatic N) is 3. The monoisotopic (exact) mass is 378 g/mol. The van der Waals surface area contributed by atoms with Gasteiger partial charge in [-0.3, -0.25) is 9.59 Å². The highest BCUT2D eigenvalue weighted by molar-refractivity contribution is 5.80. The molecule has 0 aromatic rings. The Bertz CT molecular complexity index is 520. The van der Waals surface area contributed by atoms with Gasteiger partial charge >= 0.3 is 0 Å². The summed E-state index contributed by atoms with van der Waals surface area (Å²) < 4.78 is 0. The molecule has 27 heavy (non-hydrogen) atoms. The van der Waals surface area contributed by atoms with Crippen molar-refractivity contribution < 1.29 is 9.59 Å². The highest BCUT2D eigenvalue weighted by Gasteiger charge is 2.40. The number of hydrogen-bond acceptors (Lipinski definition) is 4.